The number of rotatable bonds is 3. The first-order chi connectivity index (χ1) is 5.74. The van der Waals surface area contributed by atoms with Gasteiger partial charge in [0.1, 0.15) is 5.15 Å². The monoisotopic (exact) mass is 188 g/mol. The third-order valence-electron chi connectivity index (χ3n) is 1.38. The van der Waals surface area contributed by atoms with Gasteiger partial charge in [-0.1, -0.05) is 11.6 Å². The summed E-state index contributed by atoms with van der Waals surface area (Å²) in [7, 11) is 1.58. The number of hydrogen-bond acceptors (Lipinski definition) is 3. The number of methoxy groups -OCH3 is 1. The molecule has 0 radical (unpaired) electrons. The summed E-state index contributed by atoms with van der Waals surface area (Å²) in [5.41, 5.74) is -0.160. The lowest BCUT2D eigenvalue weighted by Gasteiger charge is -2.02. The van der Waals surface area contributed by atoms with Gasteiger partial charge in [0.25, 0.3) is 5.56 Å². The summed E-state index contributed by atoms with van der Waals surface area (Å²) >= 11 is 5.50. The SMILES string of the molecule is COCCn1cnc(Cl)cc1=O. The predicted octanol–water partition coefficient (Wildman–Crippen LogP) is 0.543. The van der Waals surface area contributed by atoms with E-state index in [-0.39, 0.29) is 10.7 Å². The summed E-state index contributed by atoms with van der Waals surface area (Å²) in [5, 5.41) is 0.216. The van der Waals surface area contributed by atoms with Gasteiger partial charge in [-0.05, 0) is 0 Å². The summed E-state index contributed by atoms with van der Waals surface area (Å²) in [4.78, 5) is 14.9. The summed E-state index contributed by atoms with van der Waals surface area (Å²) in [6, 6.07) is 1.28. The predicted molar refractivity (Wildman–Crippen MR) is 45.4 cm³/mol. The first-order valence-corrected chi connectivity index (χ1v) is 3.83. The van der Waals surface area contributed by atoms with E-state index >= 15 is 0 Å². The molecular weight excluding hydrogens is 180 g/mol. The molecule has 1 rings (SSSR count). The van der Waals surface area contributed by atoms with Crippen LogP contribution in [0.2, 0.25) is 5.15 Å². The molecule has 0 fully saturated rings. The quantitative estimate of drug-likeness (QED) is 0.651. The van der Waals surface area contributed by atoms with Crippen molar-refractivity contribution < 1.29 is 4.74 Å². The van der Waals surface area contributed by atoms with Gasteiger partial charge in [-0.3, -0.25) is 9.36 Å². The second-order valence-electron chi connectivity index (χ2n) is 2.24. The highest BCUT2D eigenvalue weighted by Gasteiger charge is 1.96. The average Bonchev–Trinajstić information content (AvgIpc) is 2.03. The first kappa shape index (κ1) is 9.22. The molecule has 4 nitrogen and oxygen atoms in total. The standard InChI is InChI=1S/C7H9ClN2O2/c1-12-3-2-10-5-9-6(8)4-7(10)11/h4-5H,2-3H2,1H3. The van der Waals surface area contributed by atoms with Gasteiger partial charge in [0.2, 0.25) is 0 Å². The van der Waals surface area contributed by atoms with Gasteiger partial charge in [0.05, 0.1) is 19.5 Å². The second kappa shape index (κ2) is 4.23. The topological polar surface area (TPSA) is 44.1 Å². The van der Waals surface area contributed by atoms with E-state index in [0.29, 0.717) is 13.2 Å². The average molecular weight is 189 g/mol. The largest absolute Gasteiger partial charge is 0.383 e. The van der Waals surface area contributed by atoms with Crippen molar-refractivity contribution in [3.63, 3.8) is 0 Å². The van der Waals surface area contributed by atoms with E-state index in [2.05, 4.69) is 4.98 Å². The van der Waals surface area contributed by atoms with E-state index in [1.54, 1.807) is 7.11 Å². The molecule has 1 aromatic heterocycles. The van der Waals surface area contributed by atoms with Crippen molar-refractivity contribution in [3.8, 4) is 0 Å². The van der Waals surface area contributed by atoms with Gasteiger partial charge in [-0.25, -0.2) is 4.98 Å². The summed E-state index contributed by atoms with van der Waals surface area (Å²) in [6.45, 7) is 0.989. The number of nitrogens with zero attached hydrogens (tertiary/aromatic N) is 2. The number of hydrogen-bond donors (Lipinski definition) is 0. The Morgan fingerprint density at radius 1 is 1.75 bits per heavy atom. The minimum atomic E-state index is -0.160. The zero-order valence-corrected chi connectivity index (χ0v) is 7.41. The van der Waals surface area contributed by atoms with Crippen molar-refractivity contribution >= 4 is 11.6 Å². The number of ether oxygens (including phenoxy) is 1. The fourth-order valence-electron chi connectivity index (χ4n) is 0.761. The third kappa shape index (κ3) is 2.32. The molecule has 12 heavy (non-hydrogen) atoms. The Kier molecular flexibility index (Phi) is 3.25. The molecule has 0 N–H and O–H groups in total. The van der Waals surface area contributed by atoms with Gasteiger partial charge in [-0.2, -0.15) is 0 Å². The molecule has 66 valence electrons. The fourth-order valence-corrected chi connectivity index (χ4v) is 0.898. The summed E-state index contributed by atoms with van der Waals surface area (Å²) in [5.74, 6) is 0. The number of aromatic nitrogens is 2. The normalized spacial score (nSPS) is 10.2. The molecule has 1 aromatic rings. The molecule has 0 bridgehead atoms. The molecule has 1 heterocycles. The fraction of sp³-hybridized carbons (Fsp3) is 0.429. The van der Waals surface area contributed by atoms with Crippen LogP contribution >= 0.6 is 11.6 Å². The molecule has 0 unspecified atom stereocenters. The van der Waals surface area contributed by atoms with E-state index in [4.69, 9.17) is 16.3 Å². The maximum Gasteiger partial charge on any atom is 0.254 e. The Morgan fingerprint density at radius 3 is 3.08 bits per heavy atom. The molecular formula is C7H9ClN2O2. The smallest absolute Gasteiger partial charge is 0.254 e. The molecule has 0 aliphatic heterocycles. The first-order valence-electron chi connectivity index (χ1n) is 3.45. The van der Waals surface area contributed by atoms with Crippen molar-refractivity contribution in [1.82, 2.24) is 9.55 Å². The van der Waals surface area contributed by atoms with E-state index in [1.165, 1.54) is 17.0 Å². The Bertz CT molecular complexity index is 311. The molecule has 0 aromatic carbocycles. The van der Waals surface area contributed by atoms with E-state index in [1.807, 2.05) is 0 Å². The van der Waals surface area contributed by atoms with Gasteiger partial charge in [0.15, 0.2) is 0 Å². The molecule has 0 saturated heterocycles. The van der Waals surface area contributed by atoms with Crippen LogP contribution in [-0.2, 0) is 11.3 Å². The minimum Gasteiger partial charge on any atom is -0.383 e. The second-order valence-corrected chi connectivity index (χ2v) is 2.62. The van der Waals surface area contributed by atoms with Crippen LogP contribution in [0.1, 0.15) is 0 Å². The third-order valence-corrected chi connectivity index (χ3v) is 1.59. The van der Waals surface area contributed by atoms with Crippen LogP contribution in [0.3, 0.4) is 0 Å². The lowest BCUT2D eigenvalue weighted by molar-refractivity contribution is 0.186. The maximum atomic E-state index is 11.1. The molecule has 0 spiro atoms. The van der Waals surface area contributed by atoms with Gasteiger partial charge in [-0.15, -0.1) is 0 Å². The van der Waals surface area contributed by atoms with Gasteiger partial charge in [0, 0.05) is 13.2 Å². The van der Waals surface area contributed by atoms with Crippen molar-refractivity contribution in [3.05, 3.63) is 27.9 Å². The van der Waals surface area contributed by atoms with Crippen molar-refractivity contribution in [2.45, 2.75) is 6.54 Å². The van der Waals surface area contributed by atoms with Crippen LogP contribution in [0.15, 0.2) is 17.2 Å². The minimum absolute atomic E-state index is 0.160. The van der Waals surface area contributed by atoms with Crippen molar-refractivity contribution in [2.24, 2.45) is 0 Å². The number of halogens is 1. The summed E-state index contributed by atoms with van der Waals surface area (Å²) < 4.78 is 6.25. The molecule has 0 saturated carbocycles. The van der Waals surface area contributed by atoms with Crippen LogP contribution in [0.25, 0.3) is 0 Å². The molecule has 0 aliphatic carbocycles. The van der Waals surface area contributed by atoms with Crippen molar-refractivity contribution in [2.75, 3.05) is 13.7 Å². The summed E-state index contributed by atoms with van der Waals surface area (Å²) in [6.07, 6.45) is 1.41. The highest BCUT2D eigenvalue weighted by atomic mass is 35.5. The zero-order valence-electron chi connectivity index (χ0n) is 6.66. The lowest BCUT2D eigenvalue weighted by Crippen LogP contribution is -2.21. The van der Waals surface area contributed by atoms with E-state index < -0.39 is 0 Å². The van der Waals surface area contributed by atoms with E-state index in [0.717, 1.165) is 0 Å². The molecule has 5 heteroatoms. The Morgan fingerprint density at radius 2 is 2.50 bits per heavy atom. The van der Waals surface area contributed by atoms with Crippen LogP contribution < -0.4 is 5.56 Å². The van der Waals surface area contributed by atoms with Crippen LogP contribution in [0.5, 0.6) is 0 Å². The molecule has 0 atom stereocenters. The van der Waals surface area contributed by atoms with Crippen LogP contribution in [0.4, 0.5) is 0 Å². The van der Waals surface area contributed by atoms with Gasteiger partial charge >= 0.3 is 0 Å². The van der Waals surface area contributed by atoms with Gasteiger partial charge < -0.3 is 4.74 Å². The Labute approximate surface area is 74.8 Å². The van der Waals surface area contributed by atoms with Crippen molar-refractivity contribution in [1.29, 1.82) is 0 Å². The van der Waals surface area contributed by atoms with E-state index in [9.17, 15) is 4.79 Å². The zero-order chi connectivity index (χ0) is 8.97. The highest BCUT2D eigenvalue weighted by molar-refractivity contribution is 6.29. The molecule has 0 aliphatic rings. The molecule has 0 amide bonds. The Hall–Kier alpha value is -0.870. The Balaban J connectivity index is 2.80. The van der Waals surface area contributed by atoms with Crippen LogP contribution in [-0.4, -0.2) is 23.3 Å². The van der Waals surface area contributed by atoms with Crippen LogP contribution in [0, 0.1) is 0 Å². The lowest BCUT2D eigenvalue weighted by atomic mass is 10.6. The highest BCUT2D eigenvalue weighted by Crippen LogP contribution is 1.95. The maximum absolute atomic E-state index is 11.1.